The van der Waals surface area contributed by atoms with Crippen LogP contribution in [0.3, 0.4) is 0 Å². The third-order valence-corrected chi connectivity index (χ3v) is 9.41. The quantitative estimate of drug-likeness (QED) is 0.421. The second kappa shape index (κ2) is 10.6. The first-order valence-electron chi connectivity index (χ1n) is 15.0. The van der Waals surface area contributed by atoms with Crippen molar-refractivity contribution in [2.24, 2.45) is 27.2 Å². The van der Waals surface area contributed by atoms with Gasteiger partial charge in [0, 0.05) is 13.1 Å². The molecule has 39 heavy (non-hydrogen) atoms. The van der Waals surface area contributed by atoms with E-state index >= 15 is 0 Å². The van der Waals surface area contributed by atoms with Crippen LogP contribution in [-0.2, 0) is 4.79 Å². The van der Waals surface area contributed by atoms with E-state index < -0.39 is 11.6 Å². The number of carboxylic acids is 1. The number of likely N-dealkylation sites (tertiary alicyclic amines) is 1. The Hall–Kier alpha value is -2.37. The molecule has 1 saturated heterocycles. The third-order valence-electron chi connectivity index (χ3n) is 9.41. The lowest BCUT2D eigenvalue weighted by Gasteiger charge is -2.47. The van der Waals surface area contributed by atoms with E-state index in [0.29, 0.717) is 11.8 Å². The lowest BCUT2D eigenvalue weighted by Crippen LogP contribution is -2.53. The fourth-order valence-electron chi connectivity index (χ4n) is 7.00. The van der Waals surface area contributed by atoms with Gasteiger partial charge in [0.1, 0.15) is 5.66 Å². The van der Waals surface area contributed by atoms with Crippen molar-refractivity contribution in [2.75, 3.05) is 13.1 Å². The summed E-state index contributed by atoms with van der Waals surface area (Å²) in [6, 6.07) is 7.05. The molecule has 1 saturated carbocycles. The predicted molar refractivity (Wildman–Crippen MR) is 158 cm³/mol. The van der Waals surface area contributed by atoms with Crippen LogP contribution in [0.4, 0.5) is 0 Å². The fourth-order valence-corrected chi connectivity index (χ4v) is 7.00. The Bertz CT molecular complexity index is 1080. The molecule has 3 aliphatic rings. The molecule has 1 N–H and O–H groups in total. The van der Waals surface area contributed by atoms with Crippen molar-refractivity contribution in [3.63, 3.8) is 0 Å². The number of nitrogens with zero attached hydrogens (tertiary/aromatic N) is 3. The molecule has 0 radical (unpaired) electrons. The summed E-state index contributed by atoms with van der Waals surface area (Å²) in [6.07, 6.45) is 7.87. The number of hydrogen-bond acceptors (Lipinski definition) is 4. The number of aliphatic imine (C=N–C) groups is 1. The molecule has 0 aromatic heterocycles. The first-order chi connectivity index (χ1) is 18.0. The fraction of sp³-hybridized carbons (Fsp3) is 0.727. The van der Waals surface area contributed by atoms with E-state index in [1.54, 1.807) is 12.1 Å². The molecule has 0 unspecified atom stereocenters. The van der Waals surface area contributed by atoms with Gasteiger partial charge in [-0.05, 0) is 91.2 Å². The summed E-state index contributed by atoms with van der Waals surface area (Å²) in [5.74, 6) is 0.388. The number of carboxylic acid groups (broad SMARTS) is 1. The van der Waals surface area contributed by atoms with Gasteiger partial charge in [0.15, 0.2) is 5.84 Å². The average Bonchev–Trinajstić information content (AvgIpc) is 3.09. The van der Waals surface area contributed by atoms with E-state index in [0.717, 1.165) is 70.0 Å². The van der Waals surface area contributed by atoms with E-state index in [4.69, 9.17) is 4.99 Å². The summed E-state index contributed by atoms with van der Waals surface area (Å²) in [5, 5.41) is 9.50. The second-order valence-electron chi connectivity index (χ2n) is 15.5. The van der Waals surface area contributed by atoms with Gasteiger partial charge in [0.05, 0.1) is 11.6 Å². The smallest absolute Gasteiger partial charge is 0.335 e. The van der Waals surface area contributed by atoms with Gasteiger partial charge in [-0.1, -0.05) is 67.5 Å². The van der Waals surface area contributed by atoms with Gasteiger partial charge < -0.3 is 14.9 Å². The maximum atomic E-state index is 14.5. The van der Waals surface area contributed by atoms with Gasteiger partial charge >= 0.3 is 5.97 Å². The van der Waals surface area contributed by atoms with Crippen molar-refractivity contribution in [2.45, 2.75) is 118 Å². The summed E-state index contributed by atoms with van der Waals surface area (Å²) in [4.78, 5) is 35.9. The number of amides is 1. The van der Waals surface area contributed by atoms with Crippen LogP contribution < -0.4 is 0 Å². The lowest BCUT2D eigenvalue weighted by molar-refractivity contribution is -0.134. The zero-order chi connectivity index (χ0) is 28.8. The van der Waals surface area contributed by atoms with Crippen molar-refractivity contribution >= 4 is 17.7 Å². The maximum Gasteiger partial charge on any atom is 0.335 e. The molecule has 6 nitrogen and oxygen atoms in total. The summed E-state index contributed by atoms with van der Waals surface area (Å²) in [5.41, 5.74) is 1.24. The number of carbonyl (C=O) groups is 2. The van der Waals surface area contributed by atoms with Gasteiger partial charge in [-0.15, -0.1) is 0 Å². The van der Waals surface area contributed by atoms with Gasteiger partial charge in [0.25, 0.3) is 5.91 Å². The van der Waals surface area contributed by atoms with E-state index in [1.807, 2.05) is 12.1 Å². The van der Waals surface area contributed by atoms with Crippen LogP contribution in [0.25, 0.3) is 0 Å². The molecular formula is C33H51N3O3. The molecule has 1 spiro atoms. The zero-order valence-electron chi connectivity index (χ0n) is 25.6. The number of piperidine rings is 1. The Morgan fingerprint density at radius 2 is 1.67 bits per heavy atom. The van der Waals surface area contributed by atoms with Crippen LogP contribution in [0.15, 0.2) is 29.3 Å². The SMILES string of the molecule is CC(C)(C)CC[C@H](c1ccc(C(=O)O)cc1)N1C(=O)C(N2CCCC(C)(C)C2)=NC12CCC(C(C)(C)C)CC2. The van der Waals surface area contributed by atoms with Gasteiger partial charge in [-0.2, -0.15) is 0 Å². The van der Waals surface area contributed by atoms with Crippen molar-refractivity contribution in [1.82, 2.24) is 9.80 Å². The lowest BCUT2D eigenvalue weighted by atomic mass is 9.69. The minimum Gasteiger partial charge on any atom is -0.478 e. The van der Waals surface area contributed by atoms with Gasteiger partial charge in [-0.25, -0.2) is 9.79 Å². The highest BCUT2D eigenvalue weighted by Crippen LogP contribution is 2.50. The number of rotatable bonds is 5. The molecule has 4 rings (SSSR count). The third kappa shape index (κ3) is 6.52. The normalized spacial score (nSPS) is 26.6. The highest BCUT2D eigenvalue weighted by atomic mass is 16.4. The summed E-state index contributed by atoms with van der Waals surface area (Å²) in [6.45, 7) is 20.0. The minimum absolute atomic E-state index is 0.0585. The molecule has 0 bridgehead atoms. The molecule has 1 aromatic carbocycles. The summed E-state index contributed by atoms with van der Waals surface area (Å²) in [7, 11) is 0. The monoisotopic (exact) mass is 537 g/mol. The number of amidine groups is 1. The number of benzene rings is 1. The predicted octanol–water partition coefficient (Wildman–Crippen LogP) is 7.55. The maximum absolute atomic E-state index is 14.5. The number of carbonyl (C=O) groups excluding carboxylic acids is 1. The van der Waals surface area contributed by atoms with Crippen molar-refractivity contribution in [3.05, 3.63) is 35.4 Å². The largest absolute Gasteiger partial charge is 0.478 e. The molecule has 1 aliphatic carbocycles. The first-order valence-corrected chi connectivity index (χ1v) is 15.0. The van der Waals surface area contributed by atoms with Crippen molar-refractivity contribution in [1.29, 1.82) is 0 Å². The molecule has 1 atom stereocenters. The van der Waals surface area contributed by atoms with Crippen LogP contribution >= 0.6 is 0 Å². The number of hydrogen-bond donors (Lipinski definition) is 1. The number of aromatic carboxylic acids is 1. The summed E-state index contributed by atoms with van der Waals surface area (Å²) < 4.78 is 0. The van der Waals surface area contributed by atoms with E-state index in [2.05, 4.69) is 65.2 Å². The van der Waals surface area contributed by atoms with Crippen molar-refractivity contribution < 1.29 is 14.7 Å². The minimum atomic E-state index is -0.930. The Balaban J connectivity index is 1.76. The Morgan fingerprint density at radius 1 is 1.05 bits per heavy atom. The van der Waals surface area contributed by atoms with E-state index in [9.17, 15) is 14.7 Å². The average molecular weight is 538 g/mol. The zero-order valence-corrected chi connectivity index (χ0v) is 25.6. The Kier molecular flexibility index (Phi) is 8.01. The standard InChI is InChI=1S/C33H51N3O3/c1-30(2,3)18-16-26(23-10-12-24(13-11-23)29(38)39)36-28(37)27(35-21-9-17-32(7,8)22-35)34-33(36)19-14-25(15-20-33)31(4,5)6/h10-13,25-26H,9,14-22H2,1-8H3,(H,38,39)/t25?,26-,33?/m1/s1. The van der Waals surface area contributed by atoms with Crippen LogP contribution in [0.1, 0.15) is 129 Å². The second-order valence-corrected chi connectivity index (χ2v) is 15.5. The Labute approximate surface area is 236 Å². The van der Waals surface area contributed by atoms with Crippen LogP contribution in [0.5, 0.6) is 0 Å². The molecule has 2 fully saturated rings. The van der Waals surface area contributed by atoms with Crippen molar-refractivity contribution in [3.8, 4) is 0 Å². The van der Waals surface area contributed by atoms with E-state index in [1.165, 1.54) is 0 Å². The van der Waals surface area contributed by atoms with Gasteiger partial charge in [0.2, 0.25) is 0 Å². The van der Waals surface area contributed by atoms with Crippen LogP contribution in [0, 0.1) is 22.2 Å². The Morgan fingerprint density at radius 3 is 2.18 bits per heavy atom. The molecule has 2 heterocycles. The topological polar surface area (TPSA) is 73.2 Å². The molecule has 1 amide bonds. The summed E-state index contributed by atoms with van der Waals surface area (Å²) >= 11 is 0. The molecule has 2 aliphatic heterocycles. The molecule has 216 valence electrons. The highest BCUT2D eigenvalue weighted by Gasteiger charge is 2.54. The molecular weight excluding hydrogens is 486 g/mol. The van der Waals surface area contributed by atoms with Gasteiger partial charge in [-0.3, -0.25) is 4.79 Å². The molecule has 6 heteroatoms. The van der Waals surface area contributed by atoms with Crippen LogP contribution in [0.2, 0.25) is 0 Å². The highest BCUT2D eigenvalue weighted by molar-refractivity contribution is 6.39. The molecule has 1 aromatic rings. The van der Waals surface area contributed by atoms with Crippen LogP contribution in [-0.4, -0.2) is 51.4 Å². The van der Waals surface area contributed by atoms with E-state index in [-0.39, 0.29) is 33.8 Å². The first kappa shape index (κ1) is 29.6.